The van der Waals surface area contributed by atoms with Crippen molar-refractivity contribution in [3.05, 3.63) is 116 Å². The van der Waals surface area contributed by atoms with E-state index in [0.717, 1.165) is 19.1 Å². The van der Waals surface area contributed by atoms with Crippen LogP contribution in [-0.4, -0.2) is 251 Å². The van der Waals surface area contributed by atoms with E-state index in [1.165, 1.54) is 23.0 Å². The number of fused-ring (bicyclic) bond motifs is 5. The van der Waals surface area contributed by atoms with E-state index in [4.69, 9.17) is 52.4 Å². The smallest absolute Gasteiger partial charge is 0.343 e. The lowest BCUT2D eigenvalue weighted by atomic mass is 9.84. The predicted octanol–water partition coefficient (Wildman–Crippen LogP) is -0.267. The van der Waals surface area contributed by atoms with Crippen LogP contribution in [-0.2, 0) is 127 Å². The summed E-state index contributed by atoms with van der Waals surface area (Å²) < 4.78 is 94.1. The molecule has 8 rings (SSSR count). The number of carbonyl (C=O) groups is 8. The number of cyclic esters (lactones) is 1. The summed E-state index contributed by atoms with van der Waals surface area (Å²) in [6.45, 7) is 5.02. The second-order valence-electron chi connectivity index (χ2n) is 26.3. The number of sulfone groups is 1. The first kappa shape index (κ1) is 87.2. The Morgan fingerprint density at radius 2 is 1.30 bits per heavy atom. The Morgan fingerprint density at radius 3 is 1.94 bits per heavy atom. The van der Waals surface area contributed by atoms with E-state index in [0.29, 0.717) is 156 Å². The molecule has 0 bridgehead atoms. The third kappa shape index (κ3) is 29.0. The van der Waals surface area contributed by atoms with Gasteiger partial charge < -0.3 is 99.6 Å². The quantitative estimate of drug-likeness (QED) is 0.00780. The minimum atomic E-state index is -3.56. The van der Waals surface area contributed by atoms with Gasteiger partial charge in [0, 0.05) is 80.7 Å². The van der Waals surface area contributed by atoms with E-state index < -0.39 is 119 Å². The number of esters is 1. The summed E-state index contributed by atoms with van der Waals surface area (Å²) in [7, 11) is -1.95. The molecule has 2 aromatic carbocycles. The fourth-order valence-corrected chi connectivity index (χ4v) is 12.1. The highest BCUT2D eigenvalue weighted by Crippen LogP contribution is 2.46. The molecule has 1 saturated carbocycles. The highest BCUT2D eigenvalue weighted by molar-refractivity contribution is 7.90. The molecule has 3 atom stereocenters. The fourth-order valence-electron chi connectivity index (χ4n) is 11.7. The summed E-state index contributed by atoms with van der Waals surface area (Å²) in [4.78, 5) is 132. The van der Waals surface area contributed by atoms with Gasteiger partial charge in [-0.3, -0.25) is 38.4 Å². The highest BCUT2D eigenvalue weighted by Gasteiger charge is 2.50. The Labute approximate surface area is 642 Å². The van der Waals surface area contributed by atoms with Crippen LogP contribution in [0.2, 0.25) is 0 Å². The number of ether oxygens (including phenoxy) is 10. The van der Waals surface area contributed by atoms with Gasteiger partial charge in [-0.2, -0.15) is 0 Å². The minimum Gasteiger partial charge on any atom is -0.458 e. The number of halogens is 1. The molecule has 5 aromatic rings. The summed E-state index contributed by atoms with van der Waals surface area (Å²) >= 11 is 0. The third-order valence-corrected chi connectivity index (χ3v) is 18.5. The molecule has 0 unspecified atom stereocenters. The lowest BCUT2D eigenvalue weighted by molar-refractivity contribution is -0.173. The molecule has 111 heavy (non-hydrogen) atoms. The molecular weight excluding hydrogens is 1470 g/mol. The maximum Gasteiger partial charge on any atom is 0.343 e. The summed E-state index contributed by atoms with van der Waals surface area (Å²) in [5.41, 5.74) is 1.17. The van der Waals surface area contributed by atoms with Gasteiger partial charge in [0.2, 0.25) is 56.3 Å². The third-order valence-electron chi connectivity index (χ3n) is 17.7. The number of hydrogen-bond acceptors (Lipinski definition) is 26. The van der Waals surface area contributed by atoms with E-state index in [1.54, 1.807) is 56.5 Å². The molecule has 0 spiro atoms. The Balaban J connectivity index is 0.718. The number of aryl methyl sites for hydroxylation is 1. The van der Waals surface area contributed by atoms with Crippen molar-refractivity contribution in [3.8, 4) is 23.2 Å². The van der Waals surface area contributed by atoms with Crippen LogP contribution < -0.4 is 48.1 Å². The molecule has 36 heteroatoms. The molecular formula is C75H99FN12O22S. The molecule has 604 valence electrons. The molecule has 0 radical (unpaired) electrons. The number of amides is 7. The zero-order valence-electron chi connectivity index (χ0n) is 62.6. The van der Waals surface area contributed by atoms with Gasteiger partial charge in [0.05, 0.1) is 159 Å². The number of nitrogens with zero attached hydrogens (tertiary/aromatic N) is 4. The minimum absolute atomic E-state index is 0.0119. The largest absolute Gasteiger partial charge is 0.458 e. The average Bonchev–Trinajstić information content (AvgIpc) is 1.60. The first-order valence-corrected chi connectivity index (χ1v) is 38.6. The van der Waals surface area contributed by atoms with Crippen molar-refractivity contribution in [2.45, 2.75) is 107 Å². The van der Waals surface area contributed by atoms with Gasteiger partial charge in [-0.05, 0) is 73.9 Å². The molecule has 0 saturated heterocycles. The number of unbranched alkanes of at least 4 members (excludes halogenated alkanes) is 2. The SMILES string of the molecule is COCCOCCOCCOCCOCCOCCOCCOCCNC(=O)[C@H](CCC(=O)NCC(=O)NCC(=O)N[C@@H](Cc1ccccc1)C(=O)NCC(=O)NCOCC(=O)NCc1c2c(nc3cc(F)c(C)cc13)-c1cc3c(c(=O)n1C2)COC(=O)[C@]3(O)CC1CC1)NCCCCC#Cc1cnc(S(C)(=O)=O)nc1. The molecule has 34 nitrogen and oxygen atoms in total. The molecule has 9 N–H and O–H groups in total. The maximum absolute atomic E-state index is 15.1. The maximum atomic E-state index is 15.1. The second kappa shape index (κ2) is 45.8. The van der Waals surface area contributed by atoms with Crippen LogP contribution in [0, 0.1) is 30.5 Å². The van der Waals surface area contributed by atoms with Gasteiger partial charge in [0.25, 0.3) is 5.56 Å². The Morgan fingerprint density at radius 1 is 0.694 bits per heavy atom. The van der Waals surface area contributed by atoms with Gasteiger partial charge in [0.1, 0.15) is 31.8 Å². The van der Waals surface area contributed by atoms with Gasteiger partial charge in [-0.25, -0.2) is 32.6 Å². The number of pyridine rings is 2. The van der Waals surface area contributed by atoms with Crippen molar-refractivity contribution in [2.24, 2.45) is 5.92 Å². The monoisotopic (exact) mass is 1570 g/mol. The Hall–Kier alpha value is -9.36. The Kier molecular flexibility index (Phi) is 36.0. The zero-order chi connectivity index (χ0) is 79.4. The molecule has 7 amide bonds. The van der Waals surface area contributed by atoms with Crippen molar-refractivity contribution >= 4 is 68.1 Å². The van der Waals surface area contributed by atoms with E-state index in [-0.39, 0.29) is 92.9 Å². The van der Waals surface area contributed by atoms with Crippen molar-refractivity contribution < 1.29 is 104 Å². The molecule has 1 fully saturated rings. The average molecular weight is 1570 g/mol. The summed E-state index contributed by atoms with van der Waals surface area (Å²) in [6.07, 6.45) is 6.96. The van der Waals surface area contributed by atoms with Crippen molar-refractivity contribution in [1.29, 1.82) is 0 Å². The van der Waals surface area contributed by atoms with E-state index in [1.807, 2.05) is 0 Å². The van der Waals surface area contributed by atoms with E-state index in [9.17, 15) is 56.7 Å². The number of benzene rings is 2. The van der Waals surface area contributed by atoms with Crippen LogP contribution in [0.1, 0.15) is 90.3 Å². The predicted molar refractivity (Wildman–Crippen MR) is 396 cm³/mol. The zero-order valence-corrected chi connectivity index (χ0v) is 63.5. The van der Waals surface area contributed by atoms with Crippen LogP contribution in [0.25, 0.3) is 22.3 Å². The number of carbonyl (C=O) groups excluding carboxylic acids is 8. The van der Waals surface area contributed by atoms with Crippen LogP contribution in [0.3, 0.4) is 0 Å². The van der Waals surface area contributed by atoms with Gasteiger partial charge in [0.15, 0.2) is 5.60 Å². The number of hydrogen-bond donors (Lipinski definition) is 9. The number of methoxy groups -OCH3 is 1. The normalized spacial score (nSPS) is 14.7. The van der Waals surface area contributed by atoms with Gasteiger partial charge in [-0.15, -0.1) is 0 Å². The summed E-state index contributed by atoms with van der Waals surface area (Å²) in [5, 5.41) is 33.2. The molecule has 5 heterocycles. The van der Waals surface area contributed by atoms with Crippen molar-refractivity contribution in [1.82, 2.24) is 62.1 Å². The van der Waals surface area contributed by atoms with Crippen molar-refractivity contribution in [3.63, 3.8) is 0 Å². The second-order valence-corrected chi connectivity index (χ2v) is 28.2. The van der Waals surface area contributed by atoms with Crippen molar-refractivity contribution in [2.75, 3.05) is 159 Å². The molecule has 2 aliphatic heterocycles. The standard InChI is InChI=1S/C75H99FN12O22S/c1-50-35-54-55(56-46-88-63(69(56)87-61(54)38-59(50)76)37-58-57(72(88)96)47-110-73(97)75(58,98)39-52-14-15-52)42-79-68(93)48-109-49-85-66(91)44-82-71(95)62(36-51-11-8-6-9-12-51)86-67(92)45-81-65(90)43-80-64(89)17-16-60(77-18-10-5-4-7-13-53-40-83-74(84-41-53)111(3,99)100)70(94)78-19-20-102-23-24-104-27-28-106-31-32-108-34-33-107-30-29-105-26-25-103-22-21-101-2/h6,8-9,11-12,35,37-38,40-41,52,60,62,77,98H,4-5,10,14-34,36,39,42-49H2,1-3H3,(H,78,94)(H,79,93)(H,80,89)(H,81,90)(H,82,95)(H,85,91)(H,86,92)/t60-,62-,75-/m0/s1. The van der Waals surface area contributed by atoms with Crippen LogP contribution in [0.5, 0.6) is 0 Å². The van der Waals surface area contributed by atoms with Gasteiger partial charge in [-0.1, -0.05) is 55.0 Å². The number of rotatable bonds is 52. The molecule has 1 aliphatic carbocycles. The van der Waals surface area contributed by atoms with Crippen LogP contribution in [0.4, 0.5) is 4.39 Å². The molecule has 3 aliphatic rings. The van der Waals surface area contributed by atoms with Crippen LogP contribution in [0.15, 0.2) is 70.9 Å². The first-order chi connectivity index (χ1) is 53.6. The van der Waals surface area contributed by atoms with Gasteiger partial charge >= 0.3 is 5.97 Å². The first-order valence-electron chi connectivity index (χ1n) is 36.7. The fraction of sp³-hybridized carbons (Fsp3) is 0.547. The summed E-state index contributed by atoms with van der Waals surface area (Å²) in [6, 6.07) is 11.1. The number of aliphatic hydroxyl groups is 1. The van der Waals surface area contributed by atoms with E-state index >= 15 is 4.39 Å². The number of nitrogens with one attached hydrogen (secondary N) is 8. The lowest BCUT2D eigenvalue weighted by Gasteiger charge is -2.32. The molecule has 3 aromatic heterocycles. The van der Waals surface area contributed by atoms with Crippen LogP contribution >= 0.6 is 0 Å². The topological polar surface area (TPSA) is 440 Å². The van der Waals surface area contributed by atoms with E-state index in [2.05, 4.69) is 64.3 Å². The highest BCUT2D eigenvalue weighted by atomic mass is 32.2. The Bertz CT molecular complexity index is 4200. The lowest BCUT2D eigenvalue weighted by Crippen LogP contribution is -2.52. The number of aromatic nitrogens is 4. The summed E-state index contributed by atoms with van der Waals surface area (Å²) in [5.74, 6) is 0.0799.